The maximum absolute atomic E-state index is 13.7. The van der Waals surface area contributed by atoms with Gasteiger partial charge in [0.05, 0.1) is 11.7 Å². The number of pyridine rings is 1. The molecule has 2 aliphatic rings. The first-order chi connectivity index (χ1) is 17.0. The topological polar surface area (TPSA) is 115 Å². The van der Waals surface area contributed by atoms with Gasteiger partial charge in [0.1, 0.15) is 18.7 Å². The van der Waals surface area contributed by atoms with Crippen molar-refractivity contribution in [2.45, 2.75) is 31.0 Å². The lowest BCUT2D eigenvalue weighted by Crippen LogP contribution is -2.53. The summed E-state index contributed by atoms with van der Waals surface area (Å²) in [5.41, 5.74) is 9.23. The summed E-state index contributed by atoms with van der Waals surface area (Å²) in [4.78, 5) is 45.3. The number of rotatable bonds is 6. The maximum atomic E-state index is 13.7. The summed E-state index contributed by atoms with van der Waals surface area (Å²) in [7, 11) is 0. The lowest BCUT2D eigenvalue weighted by atomic mass is 9.99. The van der Waals surface area contributed by atoms with Crippen molar-refractivity contribution < 1.29 is 19.1 Å². The van der Waals surface area contributed by atoms with Gasteiger partial charge in [-0.1, -0.05) is 42.5 Å². The van der Waals surface area contributed by atoms with E-state index in [4.69, 9.17) is 10.5 Å². The van der Waals surface area contributed by atoms with Crippen LogP contribution in [0.5, 0.6) is 0 Å². The smallest absolute Gasteiger partial charge is 0.254 e. The number of aromatic nitrogens is 1. The molecule has 2 saturated heterocycles. The molecule has 3 aromatic rings. The number of nitrogens with two attached hydrogens (primary N) is 1. The molecule has 3 atom stereocenters. The summed E-state index contributed by atoms with van der Waals surface area (Å²) in [5.74, 6) is -0.806. The number of hydrogen-bond donors (Lipinski definition) is 2. The average molecular weight is 471 g/mol. The normalized spacial score (nSPS) is 19.9. The quantitative estimate of drug-likeness (QED) is 0.534. The van der Waals surface area contributed by atoms with Crippen LogP contribution >= 0.6 is 0 Å². The van der Waals surface area contributed by atoms with E-state index in [1.807, 2.05) is 42.5 Å². The van der Waals surface area contributed by atoms with Gasteiger partial charge in [-0.05, 0) is 41.3 Å². The minimum absolute atomic E-state index is 0.0181. The van der Waals surface area contributed by atoms with Crippen LogP contribution in [0.4, 0.5) is 5.69 Å². The monoisotopic (exact) mass is 470 g/mol. The molecule has 0 saturated carbocycles. The van der Waals surface area contributed by atoms with Crippen molar-refractivity contribution in [1.29, 1.82) is 0 Å². The van der Waals surface area contributed by atoms with Crippen molar-refractivity contribution in [3.8, 4) is 11.1 Å². The second-order valence-corrected chi connectivity index (χ2v) is 8.84. The van der Waals surface area contributed by atoms with Gasteiger partial charge in [-0.15, -0.1) is 0 Å². The Hall–Kier alpha value is -4.04. The van der Waals surface area contributed by atoms with Gasteiger partial charge >= 0.3 is 0 Å². The van der Waals surface area contributed by atoms with E-state index in [1.165, 1.54) is 6.20 Å². The first-order valence-corrected chi connectivity index (χ1v) is 11.6. The third kappa shape index (κ3) is 4.65. The number of anilines is 1. The third-order valence-electron chi connectivity index (χ3n) is 6.57. The zero-order valence-corrected chi connectivity index (χ0v) is 19.1. The Morgan fingerprint density at radius 2 is 1.89 bits per heavy atom. The van der Waals surface area contributed by atoms with Crippen molar-refractivity contribution >= 4 is 23.3 Å². The van der Waals surface area contributed by atoms with Crippen molar-refractivity contribution in [2.24, 2.45) is 0 Å². The summed E-state index contributed by atoms with van der Waals surface area (Å²) in [6.45, 7) is 0.431. The molecule has 0 spiro atoms. The molecule has 3 heterocycles. The van der Waals surface area contributed by atoms with Gasteiger partial charge in [0.25, 0.3) is 5.91 Å². The standard InChI is InChI=1S/C27H26N4O4/c28-19-8-6-17(7-9-19)14-22(27(34)31-13-11-24-25(31)23(32)16-35-24)30-26(33)21-15-29-12-10-20(21)18-4-2-1-3-5-18/h1-10,12,15,22,24-25H,11,13-14,16,28H2,(H,30,33). The fourth-order valence-corrected chi connectivity index (χ4v) is 4.81. The number of ether oxygens (including phenoxy) is 1. The number of hydrogen-bond acceptors (Lipinski definition) is 6. The second-order valence-electron chi connectivity index (χ2n) is 8.84. The van der Waals surface area contributed by atoms with E-state index in [0.717, 1.165) is 16.7 Å². The molecule has 2 aromatic carbocycles. The molecule has 2 amide bonds. The van der Waals surface area contributed by atoms with Crippen molar-refractivity contribution in [3.63, 3.8) is 0 Å². The Balaban J connectivity index is 1.44. The summed E-state index contributed by atoms with van der Waals surface area (Å²) in [6, 6.07) is 17.0. The molecule has 3 N–H and O–H groups in total. The van der Waals surface area contributed by atoms with Gasteiger partial charge in [0.15, 0.2) is 5.78 Å². The molecule has 0 aliphatic carbocycles. The highest BCUT2D eigenvalue weighted by Crippen LogP contribution is 2.28. The minimum Gasteiger partial charge on any atom is -0.399 e. The molecule has 178 valence electrons. The van der Waals surface area contributed by atoms with Crippen LogP contribution < -0.4 is 11.1 Å². The number of Topliss-reactive ketones (excluding diaryl/α,β-unsaturated/α-hetero) is 1. The van der Waals surface area contributed by atoms with E-state index < -0.39 is 18.0 Å². The fourth-order valence-electron chi connectivity index (χ4n) is 4.81. The van der Waals surface area contributed by atoms with Crippen LogP contribution in [-0.4, -0.2) is 58.8 Å². The van der Waals surface area contributed by atoms with E-state index in [-0.39, 0.29) is 30.8 Å². The molecular weight excluding hydrogens is 444 g/mol. The number of carbonyl (C=O) groups is 3. The molecule has 0 bridgehead atoms. The maximum Gasteiger partial charge on any atom is 0.254 e. The predicted octanol–water partition coefficient (Wildman–Crippen LogP) is 2.24. The van der Waals surface area contributed by atoms with Crippen LogP contribution in [0.15, 0.2) is 73.1 Å². The van der Waals surface area contributed by atoms with E-state index >= 15 is 0 Å². The van der Waals surface area contributed by atoms with Crippen LogP contribution in [0, 0.1) is 0 Å². The summed E-state index contributed by atoms with van der Waals surface area (Å²) in [6.07, 6.45) is 3.72. The average Bonchev–Trinajstić information content (AvgIpc) is 3.48. The molecule has 5 rings (SSSR count). The molecule has 1 aromatic heterocycles. The Labute approximate surface area is 203 Å². The van der Waals surface area contributed by atoms with Crippen LogP contribution in [0.1, 0.15) is 22.3 Å². The van der Waals surface area contributed by atoms with E-state index in [9.17, 15) is 14.4 Å². The van der Waals surface area contributed by atoms with E-state index in [1.54, 1.807) is 29.3 Å². The van der Waals surface area contributed by atoms with Gasteiger partial charge in [-0.25, -0.2) is 0 Å². The van der Waals surface area contributed by atoms with Gasteiger partial charge in [-0.3, -0.25) is 19.4 Å². The van der Waals surface area contributed by atoms with Crippen molar-refractivity contribution in [2.75, 3.05) is 18.9 Å². The number of carbonyl (C=O) groups excluding carboxylic acids is 3. The molecule has 8 heteroatoms. The van der Waals surface area contributed by atoms with Gasteiger partial charge in [0.2, 0.25) is 5.91 Å². The van der Waals surface area contributed by atoms with Gasteiger partial charge < -0.3 is 20.7 Å². The first kappa shape index (κ1) is 22.7. The molecule has 0 radical (unpaired) electrons. The van der Waals surface area contributed by atoms with Crippen LogP contribution in [0.25, 0.3) is 11.1 Å². The minimum atomic E-state index is -0.873. The van der Waals surface area contributed by atoms with E-state index in [2.05, 4.69) is 10.3 Å². The number of benzene rings is 2. The number of nitrogen functional groups attached to an aromatic ring is 1. The van der Waals surface area contributed by atoms with Gasteiger partial charge in [0, 0.05) is 31.0 Å². The first-order valence-electron chi connectivity index (χ1n) is 11.6. The number of nitrogens with zero attached hydrogens (tertiary/aromatic N) is 2. The van der Waals surface area contributed by atoms with Crippen LogP contribution in [-0.2, 0) is 20.7 Å². The zero-order valence-electron chi connectivity index (χ0n) is 19.1. The number of ketones is 1. The largest absolute Gasteiger partial charge is 0.399 e. The third-order valence-corrected chi connectivity index (χ3v) is 6.57. The predicted molar refractivity (Wildman–Crippen MR) is 130 cm³/mol. The Morgan fingerprint density at radius 1 is 1.11 bits per heavy atom. The summed E-state index contributed by atoms with van der Waals surface area (Å²) >= 11 is 0. The van der Waals surface area contributed by atoms with Crippen molar-refractivity contribution in [1.82, 2.24) is 15.2 Å². The Morgan fingerprint density at radius 3 is 2.66 bits per heavy atom. The molecular formula is C27H26N4O4. The number of amides is 2. The fraction of sp³-hybridized carbons (Fsp3) is 0.259. The highest BCUT2D eigenvalue weighted by atomic mass is 16.5. The molecule has 2 fully saturated rings. The number of nitrogens with one attached hydrogen (secondary N) is 1. The van der Waals surface area contributed by atoms with Crippen molar-refractivity contribution in [3.05, 3.63) is 84.2 Å². The highest BCUT2D eigenvalue weighted by Gasteiger charge is 2.48. The van der Waals surface area contributed by atoms with Crippen LogP contribution in [0.2, 0.25) is 0 Å². The second kappa shape index (κ2) is 9.68. The van der Waals surface area contributed by atoms with E-state index in [0.29, 0.717) is 24.2 Å². The Kier molecular flexibility index (Phi) is 6.29. The zero-order chi connectivity index (χ0) is 24.4. The lowest BCUT2D eigenvalue weighted by molar-refractivity contribution is -0.138. The highest BCUT2D eigenvalue weighted by molar-refractivity contribution is 6.03. The van der Waals surface area contributed by atoms with Gasteiger partial charge in [-0.2, -0.15) is 0 Å². The molecule has 35 heavy (non-hydrogen) atoms. The number of fused-ring (bicyclic) bond motifs is 1. The molecule has 3 unspecified atom stereocenters. The molecule has 2 aliphatic heterocycles. The molecule has 8 nitrogen and oxygen atoms in total. The van der Waals surface area contributed by atoms with Crippen LogP contribution in [0.3, 0.4) is 0 Å². The number of likely N-dealkylation sites (tertiary alicyclic amines) is 1. The Bertz CT molecular complexity index is 1250. The summed E-state index contributed by atoms with van der Waals surface area (Å²) in [5, 5.41) is 2.92. The SMILES string of the molecule is Nc1ccc(CC(NC(=O)c2cnccc2-c2ccccc2)C(=O)N2CCC3OCC(=O)C32)cc1. The summed E-state index contributed by atoms with van der Waals surface area (Å²) < 4.78 is 5.54. The lowest BCUT2D eigenvalue weighted by Gasteiger charge is -2.28.